The Labute approximate surface area is 91.4 Å². The fourth-order valence-corrected chi connectivity index (χ4v) is 2.41. The van der Waals surface area contributed by atoms with E-state index in [1.54, 1.807) is 0 Å². The summed E-state index contributed by atoms with van der Waals surface area (Å²) in [5.41, 5.74) is 3.81. The summed E-state index contributed by atoms with van der Waals surface area (Å²) in [6.07, 6.45) is 4.95. The first-order chi connectivity index (χ1) is 7.15. The van der Waals surface area contributed by atoms with Crippen LogP contribution in [0.5, 0.6) is 0 Å². The molecule has 0 spiro atoms. The van der Waals surface area contributed by atoms with Crippen LogP contribution in [-0.2, 0) is 23.3 Å². The van der Waals surface area contributed by atoms with Gasteiger partial charge in [0.1, 0.15) is 5.60 Å². The van der Waals surface area contributed by atoms with Gasteiger partial charge in [0, 0.05) is 0 Å². The second kappa shape index (κ2) is 3.95. The molecule has 0 unspecified atom stereocenters. The van der Waals surface area contributed by atoms with Crippen LogP contribution in [0.1, 0.15) is 43.4 Å². The highest BCUT2D eigenvalue weighted by Crippen LogP contribution is 2.32. The summed E-state index contributed by atoms with van der Waals surface area (Å²) >= 11 is 0. The average Bonchev–Trinajstić information content (AvgIpc) is 2.28. The first kappa shape index (κ1) is 10.7. The minimum absolute atomic E-state index is 0.372. The van der Waals surface area contributed by atoms with Crippen molar-refractivity contribution >= 4 is 0 Å². The molecule has 1 aromatic carbocycles. The van der Waals surface area contributed by atoms with Crippen molar-refractivity contribution in [1.82, 2.24) is 0 Å². The highest BCUT2D eigenvalue weighted by molar-refractivity contribution is 5.39. The molecule has 0 aliphatic heterocycles. The van der Waals surface area contributed by atoms with Gasteiger partial charge in [0.25, 0.3) is 0 Å². The van der Waals surface area contributed by atoms with Crippen molar-refractivity contribution in [3.8, 4) is 0 Å². The first-order valence-electron chi connectivity index (χ1n) is 5.64. The summed E-state index contributed by atoms with van der Waals surface area (Å²) in [5, 5.41) is 0. The maximum atomic E-state index is 5.37. The van der Waals surface area contributed by atoms with Gasteiger partial charge in [-0.1, -0.05) is 18.2 Å². The Morgan fingerprint density at radius 2 is 1.93 bits per heavy atom. The van der Waals surface area contributed by atoms with Crippen molar-refractivity contribution in [2.75, 3.05) is 0 Å². The molecular weight excluding hydrogens is 186 g/mol. The average molecular weight is 205 g/mol. The molecule has 15 heavy (non-hydrogen) atoms. The van der Waals surface area contributed by atoms with Crippen molar-refractivity contribution in [3.05, 3.63) is 34.9 Å². The fraction of sp³-hybridized carbons (Fsp3) is 0.538. The molecule has 0 heterocycles. The maximum Gasteiger partial charge on any atom is 0.109 e. The van der Waals surface area contributed by atoms with E-state index in [1.165, 1.54) is 36.0 Å². The third kappa shape index (κ3) is 1.92. The summed E-state index contributed by atoms with van der Waals surface area (Å²) in [5.74, 6) is 5.37. The number of rotatable bonds is 2. The van der Waals surface area contributed by atoms with E-state index in [9.17, 15) is 0 Å². The predicted molar refractivity (Wildman–Crippen MR) is 61.4 cm³/mol. The van der Waals surface area contributed by atoms with Gasteiger partial charge in [-0.05, 0) is 56.2 Å². The van der Waals surface area contributed by atoms with Crippen LogP contribution in [0.4, 0.5) is 0 Å². The summed E-state index contributed by atoms with van der Waals surface area (Å²) in [4.78, 5) is 5.09. The molecule has 0 atom stereocenters. The van der Waals surface area contributed by atoms with Crippen LogP contribution >= 0.6 is 0 Å². The lowest BCUT2D eigenvalue weighted by Crippen LogP contribution is -2.27. The molecule has 2 N–H and O–H groups in total. The molecule has 2 rings (SSSR count). The third-order valence-electron chi connectivity index (χ3n) is 3.34. The van der Waals surface area contributed by atoms with Crippen molar-refractivity contribution < 1.29 is 4.84 Å². The highest BCUT2D eigenvalue weighted by Gasteiger charge is 2.25. The summed E-state index contributed by atoms with van der Waals surface area (Å²) in [6, 6.07) is 6.47. The van der Waals surface area contributed by atoms with Crippen LogP contribution in [0.3, 0.4) is 0 Å². The van der Waals surface area contributed by atoms with Crippen LogP contribution < -0.4 is 5.90 Å². The van der Waals surface area contributed by atoms with E-state index >= 15 is 0 Å². The monoisotopic (exact) mass is 205 g/mol. The fourth-order valence-electron chi connectivity index (χ4n) is 2.41. The number of fused-ring (bicyclic) bond motifs is 1. The smallest absolute Gasteiger partial charge is 0.109 e. The van der Waals surface area contributed by atoms with Crippen LogP contribution in [0.15, 0.2) is 18.2 Å². The lowest BCUT2D eigenvalue weighted by atomic mass is 9.83. The van der Waals surface area contributed by atoms with Gasteiger partial charge in [0.05, 0.1) is 0 Å². The number of aryl methyl sites for hydroxylation is 1. The van der Waals surface area contributed by atoms with Gasteiger partial charge in [-0.15, -0.1) is 0 Å². The lowest BCUT2D eigenvalue weighted by molar-refractivity contribution is -0.0243. The van der Waals surface area contributed by atoms with Crippen LogP contribution in [-0.4, -0.2) is 0 Å². The molecule has 0 radical (unpaired) electrons. The van der Waals surface area contributed by atoms with E-state index in [2.05, 4.69) is 18.2 Å². The van der Waals surface area contributed by atoms with E-state index in [0.29, 0.717) is 0 Å². The number of nitrogens with two attached hydrogens (primary N) is 1. The molecule has 0 saturated carbocycles. The Morgan fingerprint density at radius 1 is 1.20 bits per heavy atom. The van der Waals surface area contributed by atoms with Crippen molar-refractivity contribution in [2.24, 2.45) is 5.90 Å². The molecule has 1 aliphatic rings. The SMILES string of the molecule is CC(C)(ON)c1cccc2c1CCCC2. The summed E-state index contributed by atoms with van der Waals surface area (Å²) in [6.45, 7) is 4.05. The van der Waals surface area contributed by atoms with Gasteiger partial charge < -0.3 is 0 Å². The van der Waals surface area contributed by atoms with E-state index in [4.69, 9.17) is 10.7 Å². The Bertz CT molecular complexity index is 358. The summed E-state index contributed by atoms with van der Waals surface area (Å²) < 4.78 is 0. The predicted octanol–water partition coefficient (Wildman–Crippen LogP) is 2.69. The molecular formula is C13H19NO. The summed E-state index contributed by atoms with van der Waals surface area (Å²) in [7, 11) is 0. The standard InChI is InChI=1S/C13H19NO/c1-13(2,15-14)12-9-5-7-10-6-3-4-8-11(10)12/h5,7,9H,3-4,6,8,14H2,1-2H3. The minimum Gasteiger partial charge on any atom is -0.294 e. The highest BCUT2D eigenvalue weighted by atomic mass is 16.6. The Balaban J connectivity index is 2.48. The van der Waals surface area contributed by atoms with Crippen LogP contribution in [0.2, 0.25) is 0 Å². The molecule has 0 amide bonds. The number of benzene rings is 1. The van der Waals surface area contributed by atoms with Gasteiger partial charge in [0.15, 0.2) is 0 Å². The zero-order valence-corrected chi connectivity index (χ0v) is 9.55. The normalized spacial score (nSPS) is 16.2. The quantitative estimate of drug-likeness (QED) is 0.753. The Hall–Kier alpha value is -0.860. The van der Waals surface area contributed by atoms with Gasteiger partial charge in [-0.25, -0.2) is 5.90 Å². The van der Waals surface area contributed by atoms with E-state index in [1.807, 2.05) is 13.8 Å². The molecule has 0 fully saturated rings. The first-order valence-corrected chi connectivity index (χ1v) is 5.64. The van der Waals surface area contributed by atoms with Crippen molar-refractivity contribution in [3.63, 3.8) is 0 Å². The van der Waals surface area contributed by atoms with E-state index < -0.39 is 0 Å². The van der Waals surface area contributed by atoms with Gasteiger partial charge in [-0.3, -0.25) is 4.84 Å². The third-order valence-corrected chi connectivity index (χ3v) is 3.34. The Morgan fingerprint density at radius 3 is 2.67 bits per heavy atom. The molecule has 0 saturated heterocycles. The van der Waals surface area contributed by atoms with Gasteiger partial charge in [-0.2, -0.15) is 0 Å². The topological polar surface area (TPSA) is 35.2 Å². The zero-order valence-electron chi connectivity index (χ0n) is 9.55. The number of hydrogen-bond donors (Lipinski definition) is 1. The van der Waals surface area contributed by atoms with Gasteiger partial charge in [0.2, 0.25) is 0 Å². The van der Waals surface area contributed by atoms with Crippen LogP contribution in [0.25, 0.3) is 0 Å². The molecule has 1 aromatic rings. The molecule has 2 nitrogen and oxygen atoms in total. The zero-order chi connectivity index (χ0) is 10.9. The second-order valence-electron chi connectivity index (χ2n) is 4.78. The van der Waals surface area contributed by atoms with Crippen LogP contribution in [0, 0.1) is 0 Å². The molecule has 82 valence electrons. The number of hydrogen-bond acceptors (Lipinski definition) is 2. The molecule has 1 aliphatic carbocycles. The lowest BCUT2D eigenvalue weighted by Gasteiger charge is -2.28. The Kier molecular flexibility index (Phi) is 2.81. The van der Waals surface area contributed by atoms with Crippen molar-refractivity contribution in [1.29, 1.82) is 0 Å². The van der Waals surface area contributed by atoms with Crippen molar-refractivity contribution in [2.45, 2.75) is 45.1 Å². The largest absolute Gasteiger partial charge is 0.294 e. The van der Waals surface area contributed by atoms with Gasteiger partial charge >= 0.3 is 0 Å². The minimum atomic E-state index is -0.372. The maximum absolute atomic E-state index is 5.37. The van der Waals surface area contributed by atoms with E-state index in [-0.39, 0.29) is 5.60 Å². The molecule has 0 aromatic heterocycles. The molecule has 2 heteroatoms. The van der Waals surface area contributed by atoms with E-state index in [0.717, 1.165) is 6.42 Å². The molecule has 0 bridgehead atoms. The second-order valence-corrected chi connectivity index (χ2v) is 4.78.